The molecule has 8 heteroatoms. The van der Waals surface area contributed by atoms with E-state index in [0.717, 1.165) is 5.56 Å². The van der Waals surface area contributed by atoms with Gasteiger partial charge in [-0.25, -0.2) is 4.79 Å². The van der Waals surface area contributed by atoms with Crippen LogP contribution in [0.3, 0.4) is 0 Å². The van der Waals surface area contributed by atoms with E-state index in [2.05, 4.69) is 10.4 Å². The van der Waals surface area contributed by atoms with E-state index in [4.69, 9.17) is 16.3 Å². The summed E-state index contributed by atoms with van der Waals surface area (Å²) >= 11 is 6.26. The van der Waals surface area contributed by atoms with E-state index in [1.807, 2.05) is 13.8 Å². The van der Waals surface area contributed by atoms with Crippen molar-refractivity contribution < 1.29 is 19.1 Å². The van der Waals surface area contributed by atoms with Gasteiger partial charge in [0.05, 0.1) is 5.69 Å². The molecule has 0 spiro atoms. The number of halogens is 1. The van der Waals surface area contributed by atoms with Crippen LogP contribution in [0.25, 0.3) is 0 Å². The molecule has 0 saturated carbocycles. The third-order valence-corrected chi connectivity index (χ3v) is 4.34. The van der Waals surface area contributed by atoms with Crippen LogP contribution < -0.4 is 5.32 Å². The standard InChI is InChI=1S/C20H24ClN3O4/c1-12(2)10-24-19(21)18(13(3)23-24)20(27)28-11-17(26)16-7-5-15(6-8-16)9-22-14(4)25/h5-8,12H,9-11H2,1-4H3,(H,22,25). The minimum atomic E-state index is -0.673. The SMILES string of the molecule is CC(=O)NCc1ccc(C(=O)COC(=O)c2c(C)nn(CC(C)C)c2Cl)cc1. The summed E-state index contributed by atoms with van der Waals surface area (Å²) in [7, 11) is 0. The van der Waals surface area contributed by atoms with Gasteiger partial charge in [-0.05, 0) is 18.4 Å². The first-order chi connectivity index (χ1) is 13.2. The highest BCUT2D eigenvalue weighted by molar-refractivity contribution is 6.32. The highest BCUT2D eigenvalue weighted by atomic mass is 35.5. The molecule has 2 aromatic rings. The molecule has 0 bridgehead atoms. The molecule has 28 heavy (non-hydrogen) atoms. The fraction of sp³-hybridized carbons (Fsp3) is 0.400. The molecule has 0 radical (unpaired) electrons. The lowest BCUT2D eigenvalue weighted by molar-refractivity contribution is -0.119. The number of carbonyl (C=O) groups excluding carboxylic acids is 3. The minimum Gasteiger partial charge on any atom is -0.454 e. The van der Waals surface area contributed by atoms with Crippen LogP contribution in [0.2, 0.25) is 5.15 Å². The predicted octanol–water partition coefficient (Wildman–Crippen LogP) is 3.18. The van der Waals surface area contributed by atoms with Crippen LogP contribution in [0.5, 0.6) is 0 Å². The molecule has 1 amide bonds. The zero-order valence-electron chi connectivity index (χ0n) is 16.4. The smallest absolute Gasteiger partial charge is 0.343 e. The lowest BCUT2D eigenvalue weighted by Crippen LogP contribution is -2.19. The van der Waals surface area contributed by atoms with Gasteiger partial charge >= 0.3 is 5.97 Å². The quantitative estimate of drug-likeness (QED) is 0.538. The Labute approximate surface area is 169 Å². The second-order valence-corrected chi connectivity index (χ2v) is 7.29. The van der Waals surface area contributed by atoms with Crippen molar-refractivity contribution in [3.63, 3.8) is 0 Å². The van der Waals surface area contributed by atoms with E-state index in [0.29, 0.717) is 30.3 Å². The van der Waals surface area contributed by atoms with Crippen LogP contribution in [0.1, 0.15) is 52.7 Å². The number of ether oxygens (including phenoxy) is 1. The first kappa shape index (κ1) is 21.6. The van der Waals surface area contributed by atoms with Crippen LogP contribution in [0.15, 0.2) is 24.3 Å². The van der Waals surface area contributed by atoms with Crippen molar-refractivity contribution in [2.24, 2.45) is 5.92 Å². The Kier molecular flexibility index (Phi) is 7.34. The van der Waals surface area contributed by atoms with Crippen molar-refractivity contribution in [3.8, 4) is 0 Å². The van der Waals surface area contributed by atoms with E-state index in [9.17, 15) is 14.4 Å². The summed E-state index contributed by atoms with van der Waals surface area (Å²) in [6, 6.07) is 6.74. The van der Waals surface area contributed by atoms with Crippen LogP contribution in [0.4, 0.5) is 0 Å². The lowest BCUT2D eigenvalue weighted by atomic mass is 10.1. The monoisotopic (exact) mass is 405 g/mol. The van der Waals surface area contributed by atoms with Crippen LogP contribution in [0, 0.1) is 12.8 Å². The highest BCUT2D eigenvalue weighted by Gasteiger charge is 2.23. The van der Waals surface area contributed by atoms with Gasteiger partial charge in [0.15, 0.2) is 12.4 Å². The largest absolute Gasteiger partial charge is 0.454 e. The van der Waals surface area contributed by atoms with Crippen molar-refractivity contribution in [1.82, 2.24) is 15.1 Å². The van der Waals surface area contributed by atoms with E-state index in [1.54, 1.807) is 35.9 Å². The van der Waals surface area contributed by atoms with E-state index >= 15 is 0 Å². The molecule has 0 aliphatic carbocycles. The number of nitrogens with one attached hydrogen (secondary N) is 1. The van der Waals surface area contributed by atoms with Crippen molar-refractivity contribution in [2.45, 2.75) is 40.8 Å². The number of hydrogen-bond acceptors (Lipinski definition) is 5. The number of benzene rings is 1. The van der Waals surface area contributed by atoms with Gasteiger partial charge in [-0.3, -0.25) is 14.3 Å². The Balaban J connectivity index is 1.98. The second-order valence-electron chi connectivity index (χ2n) is 6.93. The molecule has 0 saturated heterocycles. The maximum Gasteiger partial charge on any atom is 0.343 e. The Hall–Kier alpha value is -2.67. The summed E-state index contributed by atoms with van der Waals surface area (Å²) < 4.78 is 6.71. The fourth-order valence-corrected chi connectivity index (χ4v) is 2.89. The number of rotatable bonds is 8. The van der Waals surface area contributed by atoms with Gasteiger partial charge in [-0.1, -0.05) is 49.7 Å². The third kappa shape index (κ3) is 5.66. The number of hydrogen-bond donors (Lipinski definition) is 1. The number of aryl methyl sites for hydroxylation is 1. The van der Waals surface area contributed by atoms with Crippen LogP contribution in [-0.2, 0) is 22.6 Å². The Morgan fingerprint density at radius 2 is 1.86 bits per heavy atom. The lowest BCUT2D eigenvalue weighted by Gasteiger charge is -2.07. The van der Waals surface area contributed by atoms with Crippen LogP contribution >= 0.6 is 11.6 Å². The maximum absolute atomic E-state index is 12.4. The Morgan fingerprint density at radius 1 is 1.21 bits per heavy atom. The number of amides is 1. The molecular weight excluding hydrogens is 382 g/mol. The van der Waals surface area contributed by atoms with Crippen molar-refractivity contribution in [1.29, 1.82) is 0 Å². The first-order valence-electron chi connectivity index (χ1n) is 8.95. The second kappa shape index (κ2) is 9.50. The summed E-state index contributed by atoms with van der Waals surface area (Å²) in [6.45, 7) is 7.72. The molecule has 0 aliphatic rings. The highest BCUT2D eigenvalue weighted by Crippen LogP contribution is 2.22. The van der Waals surface area contributed by atoms with Gasteiger partial charge in [0, 0.05) is 25.6 Å². The molecule has 0 unspecified atom stereocenters. The van der Waals surface area contributed by atoms with Crippen LogP contribution in [-0.4, -0.2) is 34.0 Å². The van der Waals surface area contributed by atoms with Gasteiger partial charge in [-0.2, -0.15) is 5.10 Å². The van der Waals surface area contributed by atoms with Gasteiger partial charge in [0.1, 0.15) is 10.7 Å². The normalized spacial score (nSPS) is 10.8. The summed E-state index contributed by atoms with van der Waals surface area (Å²) in [5, 5.41) is 7.16. The van der Waals surface area contributed by atoms with Crippen molar-refractivity contribution in [3.05, 3.63) is 51.8 Å². The summed E-state index contributed by atoms with van der Waals surface area (Å²) in [5.41, 5.74) is 1.92. The third-order valence-electron chi connectivity index (χ3n) is 3.96. The number of ketones is 1. The average molecular weight is 406 g/mol. The number of aromatic nitrogens is 2. The molecular formula is C20H24ClN3O4. The van der Waals surface area contributed by atoms with Gasteiger partial charge in [-0.15, -0.1) is 0 Å². The number of esters is 1. The first-order valence-corrected chi connectivity index (χ1v) is 9.33. The van der Waals surface area contributed by atoms with Crippen molar-refractivity contribution >= 4 is 29.3 Å². The topological polar surface area (TPSA) is 90.3 Å². The molecule has 1 aromatic heterocycles. The molecule has 1 heterocycles. The van der Waals surface area contributed by atoms with Crippen molar-refractivity contribution in [2.75, 3.05) is 6.61 Å². The summed E-state index contributed by atoms with van der Waals surface area (Å²) in [6.07, 6.45) is 0. The van der Waals surface area contributed by atoms with E-state index in [-0.39, 0.29) is 22.4 Å². The number of Topliss-reactive ketones (excluding diaryl/α,β-unsaturated/α-hetero) is 1. The molecule has 7 nitrogen and oxygen atoms in total. The number of nitrogens with zero attached hydrogens (tertiary/aromatic N) is 2. The van der Waals surface area contributed by atoms with Gasteiger partial charge < -0.3 is 10.1 Å². The fourth-order valence-electron chi connectivity index (χ4n) is 2.57. The zero-order chi connectivity index (χ0) is 20.8. The molecule has 0 atom stereocenters. The van der Waals surface area contributed by atoms with E-state index in [1.165, 1.54) is 6.92 Å². The summed E-state index contributed by atoms with van der Waals surface area (Å²) in [4.78, 5) is 35.6. The zero-order valence-corrected chi connectivity index (χ0v) is 17.2. The Bertz CT molecular complexity index is 872. The number of carbonyl (C=O) groups is 3. The van der Waals surface area contributed by atoms with Gasteiger partial charge in [0.2, 0.25) is 5.91 Å². The molecule has 2 rings (SSSR count). The summed E-state index contributed by atoms with van der Waals surface area (Å²) in [5.74, 6) is -0.815. The molecule has 0 fully saturated rings. The molecule has 1 aromatic carbocycles. The average Bonchev–Trinajstić information content (AvgIpc) is 2.90. The minimum absolute atomic E-state index is 0.127. The Morgan fingerprint density at radius 3 is 2.43 bits per heavy atom. The predicted molar refractivity (Wildman–Crippen MR) is 105 cm³/mol. The van der Waals surface area contributed by atoms with Gasteiger partial charge in [0.25, 0.3) is 0 Å². The molecule has 0 aliphatic heterocycles. The van der Waals surface area contributed by atoms with E-state index < -0.39 is 12.6 Å². The maximum atomic E-state index is 12.4. The molecule has 1 N–H and O–H groups in total. The molecule has 150 valence electrons.